The molecule has 1 unspecified atom stereocenters. The number of anilines is 1. The van der Waals surface area contributed by atoms with Crippen LogP contribution in [0.2, 0.25) is 0 Å². The van der Waals surface area contributed by atoms with Gasteiger partial charge in [-0.05, 0) is 26.0 Å². The lowest BCUT2D eigenvalue weighted by atomic mass is 9.90. The van der Waals surface area contributed by atoms with Crippen molar-refractivity contribution < 1.29 is 18.4 Å². The van der Waals surface area contributed by atoms with Gasteiger partial charge in [-0.2, -0.15) is 5.10 Å². The molecule has 1 aromatic carbocycles. The van der Waals surface area contributed by atoms with Gasteiger partial charge in [0, 0.05) is 6.07 Å². The number of halogens is 2. The van der Waals surface area contributed by atoms with Crippen molar-refractivity contribution in [3.63, 3.8) is 0 Å². The Kier molecular flexibility index (Phi) is 3.05. The number of rotatable bonds is 2. The van der Waals surface area contributed by atoms with Crippen LogP contribution in [-0.4, -0.2) is 26.5 Å². The van der Waals surface area contributed by atoms with Crippen molar-refractivity contribution in [2.75, 3.05) is 4.90 Å². The lowest BCUT2D eigenvalue weighted by molar-refractivity contribution is -0.133. The highest BCUT2D eigenvalue weighted by atomic mass is 19.1. The van der Waals surface area contributed by atoms with Gasteiger partial charge in [-0.15, -0.1) is 0 Å². The number of carbonyl (C=O) groups is 2. The zero-order chi connectivity index (χ0) is 16.1. The maximum atomic E-state index is 14.1. The Morgan fingerprint density at radius 3 is 2.55 bits per heavy atom. The first kappa shape index (κ1) is 14.3. The van der Waals surface area contributed by atoms with Gasteiger partial charge in [0.1, 0.15) is 29.7 Å². The molecule has 8 heteroatoms. The van der Waals surface area contributed by atoms with E-state index in [0.29, 0.717) is 6.07 Å². The lowest BCUT2D eigenvalue weighted by Gasteiger charge is -2.23. The van der Waals surface area contributed by atoms with E-state index in [9.17, 15) is 18.4 Å². The molecule has 0 radical (unpaired) electrons. The Morgan fingerprint density at radius 1 is 1.23 bits per heavy atom. The van der Waals surface area contributed by atoms with Gasteiger partial charge in [0.05, 0.1) is 5.69 Å². The zero-order valence-corrected chi connectivity index (χ0v) is 11.8. The van der Waals surface area contributed by atoms with Crippen LogP contribution in [0.15, 0.2) is 30.9 Å². The second-order valence-electron chi connectivity index (χ2n) is 5.51. The van der Waals surface area contributed by atoms with E-state index in [2.05, 4.69) is 10.1 Å². The Hall–Kier alpha value is -2.64. The molecular weight excluding hydrogens is 294 g/mol. The molecule has 0 bridgehead atoms. The third-order valence-corrected chi connectivity index (χ3v) is 3.70. The van der Waals surface area contributed by atoms with Crippen molar-refractivity contribution in [3.05, 3.63) is 42.5 Å². The third kappa shape index (κ3) is 1.91. The number of hydrogen-bond acceptors (Lipinski definition) is 4. The minimum absolute atomic E-state index is 0.175. The average Bonchev–Trinajstić information content (AvgIpc) is 3.02. The van der Waals surface area contributed by atoms with Crippen LogP contribution < -0.4 is 4.90 Å². The molecule has 22 heavy (non-hydrogen) atoms. The summed E-state index contributed by atoms with van der Waals surface area (Å²) in [7, 11) is 0. The molecule has 3 rings (SSSR count). The minimum Gasteiger partial charge on any atom is -0.294 e. The standard InChI is InChI=1S/C14H12F2N4O2/c1-14(2)11(21)12(19-7-17-6-18-19)20(13(14)22)10-4-3-8(15)5-9(10)16/h3-7,12H,1-2H3. The average molecular weight is 306 g/mol. The van der Waals surface area contributed by atoms with E-state index in [1.807, 2.05) is 0 Å². The number of ketones is 1. The van der Waals surface area contributed by atoms with Crippen LogP contribution >= 0.6 is 0 Å². The van der Waals surface area contributed by atoms with Gasteiger partial charge in [-0.3, -0.25) is 14.5 Å². The fraction of sp³-hybridized carbons (Fsp3) is 0.286. The molecule has 1 aliphatic rings. The van der Waals surface area contributed by atoms with Gasteiger partial charge >= 0.3 is 0 Å². The van der Waals surface area contributed by atoms with Gasteiger partial charge in [0.25, 0.3) is 0 Å². The summed E-state index contributed by atoms with van der Waals surface area (Å²) < 4.78 is 28.4. The van der Waals surface area contributed by atoms with Crippen molar-refractivity contribution in [2.24, 2.45) is 5.41 Å². The lowest BCUT2D eigenvalue weighted by Crippen LogP contribution is -2.34. The number of benzene rings is 1. The van der Waals surface area contributed by atoms with Gasteiger partial charge in [-0.25, -0.2) is 18.4 Å². The van der Waals surface area contributed by atoms with Crippen molar-refractivity contribution in [1.82, 2.24) is 14.8 Å². The third-order valence-electron chi connectivity index (χ3n) is 3.70. The van der Waals surface area contributed by atoms with Crippen LogP contribution in [-0.2, 0) is 9.59 Å². The summed E-state index contributed by atoms with van der Waals surface area (Å²) in [5.41, 5.74) is -1.51. The van der Waals surface area contributed by atoms with Crippen LogP contribution in [0, 0.1) is 17.0 Å². The summed E-state index contributed by atoms with van der Waals surface area (Å²) in [5, 5.41) is 3.87. The Bertz CT molecular complexity index is 758. The fourth-order valence-corrected chi connectivity index (χ4v) is 2.46. The molecule has 1 saturated heterocycles. The van der Waals surface area contributed by atoms with Gasteiger partial charge in [0.15, 0.2) is 11.9 Å². The maximum absolute atomic E-state index is 14.1. The van der Waals surface area contributed by atoms with Crippen molar-refractivity contribution in [2.45, 2.75) is 20.0 Å². The zero-order valence-electron chi connectivity index (χ0n) is 11.8. The summed E-state index contributed by atoms with van der Waals surface area (Å²) >= 11 is 0. The van der Waals surface area contributed by atoms with E-state index < -0.39 is 34.9 Å². The molecule has 1 amide bonds. The normalized spacial score (nSPS) is 20.7. The number of carbonyl (C=O) groups excluding carboxylic acids is 2. The highest BCUT2D eigenvalue weighted by molar-refractivity contribution is 6.21. The molecule has 1 atom stereocenters. The molecule has 1 fully saturated rings. The minimum atomic E-state index is -1.34. The monoisotopic (exact) mass is 306 g/mol. The van der Waals surface area contributed by atoms with E-state index in [4.69, 9.17) is 0 Å². The van der Waals surface area contributed by atoms with E-state index in [1.165, 1.54) is 31.2 Å². The molecule has 0 N–H and O–H groups in total. The second-order valence-corrected chi connectivity index (χ2v) is 5.51. The van der Waals surface area contributed by atoms with Crippen molar-refractivity contribution in [3.8, 4) is 0 Å². The smallest absolute Gasteiger partial charge is 0.242 e. The molecule has 0 aliphatic carbocycles. The molecule has 114 valence electrons. The first-order valence-corrected chi connectivity index (χ1v) is 6.51. The topological polar surface area (TPSA) is 68.1 Å². The molecule has 1 aliphatic heterocycles. The van der Waals surface area contributed by atoms with E-state index in [0.717, 1.165) is 17.0 Å². The summed E-state index contributed by atoms with van der Waals surface area (Å²) in [5.74, 6) is -2.71. The Labute approximate surface area is 124 Å². The molecule has 0 saturated carbocycles. The van der Waals surface area contributed by atoms with Gasteiger partial charge in [0.2, 0.25) is 5.91 Å². The molecule has 2 aromatic rings. The Morgan fingerprint density at radius 2 is 1.95 bits per heavy atom. The van der Waals surface area contributed by atoms with E-state index in [-0.39, 0.29) is 5.69 Å². The summed E-state index contributed by atoms with van der Waals surface area (Å²) in [4.78, 5) is 29.9. The van der Waals surface area contributed by atoms with Crippen LogP contribution in [0.3, 0.4) is 0 Å². The molecule has 0 spiro atoms. The van der Waals surface area contributed by atoms with E-state index in [1.54, 1.807) is 0 Å². The highest BCUT2D eigenvalue weighted by Gasteiger charge is 2.55. The van der Waals surface area contributed by atoms with Crippen molar-refractivity contribution in [1.29, 1.82) is 0 Å². The van der Waals surface area contributed by atoms with Crippen LogP contribution in [0.1, 0.15) is 20.0 Å². The SMILES string of the molecule is CC1(C)C(=O)C(n2cncn2)N(c2ccc(F)cc2F)C1=O. The summed E-state index contributed by atoms with van der Waals surface area (Å²) in [6.07, 6.45) is 1.33. The fourth-order valence-electron chi connectivity index (χ4n) is 2.46. The van der Waals surface area contributed by atoms with Crippen molar-refractivity contribution >= 4 is 17.4 Å². The number of amides is 1. The Balaban J connectivity index is 2.18. The summed E-state index contributed by atoms with van der Waals surface area (Å²) in [6, 6.07) is 2.82. The maximum Gasteiger partial charge on any atom is 0.242 e. The highest BCUT2D eigenvalue weighted by Crippen LogP contribution is 2.41. The quantitative estimate of drug-likeness (QED) is 0.792. The number of aromatic nitrogens is 3. The first-order valence-electron chi connectivity index (χ1n) is 6.51. The predicted molar refractivity (Wildman–Crippen MR) is 71.7 cm³/mol. The molecule has 1 aromatic heterocycles. The molecule has 6 nitrogen and oxygen atoms in total. The van der Waals surface area contributed by atoms with Gasteiger partial charge in [-0.1, -0.05) is 0 Å². The first-order chi connectivity index (χ1) is 10.3. The second kappa shape index (κ2) is 4.69. The number of Topliss-reactive ketones (excluding diaryl/α,β-unsaturated/α-hetero) is 1. The van der Waals surface area contributed by atoms with E-state index >= 15 is 0 Å². The van der Waals surface area contributed by atoms with Crippen LogP contribution in [0.4, 0.5) is 14.5 Å². The molecule has 2 heterocycles. The molecular formula is C14H12F2N4O2. The summed E-state index contributed by atoms with van der Waals surface area (Å²) in [6.45, 7) is 2.92. The van der Waals surface area contributed by atoms with Gasteiger partial charge < -0.3 is 0 Å². The number of nitrogens with zero attached hydrogens (tertiary/aromatic N) is 4. The van der Waals surface area contributed by atoms with Crippen LogP contribution in [0.5, 0.6) is 0 Å². The predicted octanol–water partition coefficient (Wildman–Crippen LogP) is 1.70. The number of hydrogen-bond donors (Lipinski definition) is 0. The van der Waals surface area contributed by atoms with Crippen LogP contribution in [0.25, 0.3) is 0 Å². The largest absolute Gasteiger partial charge is 0.294 e.